The van der Waals surface area contributed by atoms with Crippen molar-refractivity contribution in [2.75, 3.05) is 70.9 Å². The fourth-order valence-electron chi connectivity index (χ4n) is 3.23. The minimum atomic E-state index is 0.115. The predicted molar refractivity (Wildman–Crippen MR) is 92.0 cm³/mol. The van der Waals surface area contributed by atoms with Crippen molar-refractivity contribution < 1.29 is 4.79 Å². The lowest BCUT2D eigenvalue weighted by Gasteiger charge is -2.35. The zero-order valence-electron chi connectivity index (χ0n) is 14.2. The number of hydrogen-bond acceptors (Lipinski definition) is 5. The van der Waals surface area contributed by atoms with Crippen molar-refractivity contribution in [3.05, 3.63) is 24.0 Å². The Balaban J connectivity index is 1.66. The first-order chi connectivity index (χ1) is 11.2. The summed E-state index contributed by atoms with van der Waals surface area (Å²) in [5.41, 5.74) is 1.78. The number of nitrogens with zero attached hydrogens (tertiary/aromatic N) is 5. The average molecular weight is 317 g/mol. The second-order valence-electron chi connectivity index (χ2n) is 6.45. The maximum Gasteiger partial charge on any atom is 0.255 e. The molecule has 6 heteroatoms. The molecular weight excluding hydrogens is 290 g/mol. The molecule has 1 aromatic rings. The lowest BCUT2D eigenvalue weighted by Crippen LogP contribution is -2.48. The van der Waals surface area contributed by atoms with Gasteiger partial charge in [-0.05, 0) is 19.7 Å². The lowest BCUT2D eigenvalue weighted by molar-refractivity contribution is 0.0643. The van der Waals surface area contributed by atoms with E-state index in [0.717, 1.165) is 64.6 Å². The average Bonchev–Trinajstić information content (AvgIpc) is 2.62. The van der Waals surface area contributed by atoms with Gasteiger partial charge in [-0.15, -0.1) is 0 Å². The first-order valence-electron chi connectivity index (χ1n) is 8.57. The summed E-state index contributed by atoms with van der Waals surface area (Å²) in [6.45, 7) is 10.9. The smallest absolute Gasteiger partial charge is 0.255 e. The Bertz CT molecular complexity index is 534. The minimum absolute atomic E-state index is 0.115. The van der Waals surface area contributed by atoms with E-state index in [1.54, 1.807) is 6.20 Å². The van der Waals surface area contributed by atoms with E-state index in [2.05, 4.69) is 33.7 Å². The molecule has 6 nitrogen and oxygen atoms in total. The van der Waals surface area contributed by atoms with E-state index in [1.165, 1.54) is 0 Å². The normalized spacial score (nSPS) is 20.8. The van der Waals surface area contributed by atoms with Gasteiger partial charge < -0.3 is 19.6 Å². The van der Waals surface area contributed by atoms with Crippen LogP contribution in [0.15, 0.2) is 18.5 Å². The molecule has 0 radical (unpaired) electrons. The van der Waals surface area contributed by atoms with E-state index in [-0.39, 0.29) is 5.91 Å². The molecule has 0 N–H and O–H groups in total. The number of piperazine rings is 2. The number of pyridine rings is 1. The Morgan fingerprint density at radius 1 is 1.04 bits per heavy atom. The van der Waals surface area contributed by atoms with E-state index >= 15 is 0 Å². The van der Waals surface area contributed by atoms with Crippen molar-refractivity contribution in [2.45, 2.75) is 6.92 Å². The molecule has 2 aliphatic rings. The quantitative estimate of drug-likeness (QED) is 0.817. The molecule has 1 amide bonds. The van der Waals surface area contributed by atoms with Crippen molar-refractivity contribution in [2.24, 2.45) is 0 Å². The van der Waals surface area contributed by atoms with Crippen LogP contribution in [-0.4, -0.2) is 91.5 Å². The molecule has 0 atom stereocenters. The van der Waals surface area contributed by atoms with Crippen LogP contribution in [0.1, 0.15) is 17.3 Å². The van der Waals surface area contributed by atoms with Gasteiger partial charge in [0.15, 0.2) is 0 Å². The minimum Gasteiger partial charge on any atom is -0.368 e. The second kappa shape index (κ2) is 7.27. The monoisotopic (exact) mass is 317 g/mol. The van der Waals surface area contributed by atoms with Gasteiger partial charge in [-0.2, -0.15) is 0 Å². The first kappa shape index (κ1) is 16.2. The maximum absolute atomic E-state index is 12.7. The highest BCUT2D eigenvalue weighted by Gasteiger charge is 2.22. The van der Waals surface area contributed by atoms with Gasteiger partial charge in [0.1, 0.15) is 0 Å². The second-order valence-corrected chi connectivity index (χ2v) is 6.45. The molecule has 1 aromatic heterocycles. The highest BCUT2D eigenvalue weighted by molar-refractivity contribution is 5.94. The number of carbonyl (C=O) groups excluding carboxylic acids is 1. The summed E-state index contributed by atoms with van der Waals surface area (Å²) in [5.74, 6) is 0.115. The van der Waals surface area contributed by atoms with Crippen molar-refractivity contribution in [3.63, 3.8) is 0 Å². The van der Waals surface area contributed by atoms with Gasteiger partial charge in [0.25, 0.3) is 5.91 Å². The van der Waals surface area contributed by atoms with Gasteiger partial charge in [0.05, 0.1) is 17.4 Å². The van der Waals surface area contributed by atoms with Crippen LogP contribution in [0.4, 0.5) is 5.69 Å². The molecule has 126 valence electrons. The number of carbonyl (C=O) groups is 1. The molecule has 0 aromatic carbocycles. The summed E-state index contributed by atoms with van der Waals surface area (Å²) < 4.78 is 0. The third-order valence-corrected chi connectivity index (χ3v) is 4.95. The molecule has 23 heavy (non-hydrogen) atoms. The third kappa shape index (κ3) is 3.82. The predicted octanol–water partition coefficient (Wildman–Crippen LogP) is 0.611. The topological polar surface area (TPSA) is 42.9 Å². The van der Waals surface area contributed by atoms with Gasteiger partial charge in [-0.1, -0.05) is 6.92 Å². The van der Waals surface area contributed by atoms with E-state index < -0.39 is 0 Å². The Hall–Kier alpha value is -1.66. The highest BCUT2D eigenvalue weighted by Crippen LogP contribution is 2.18. The largest absolute Gasteiger partial charge is 0.368 e. The molecule has 2 saturated heterocycles. The summed E-state index contributed by atoms with van der Waals surface area (Å²) in [5, 5.41) is 0. The van der Waals surface area contributed by atoms with Crippen molar-refractivity contribution in [1.29, 1.82) is 0 Å². The van der Waals surface area contributed by atoms with E-state index in [4.69, 9.17) is 0 Å². The molecule has 2 aliphatic heterocycles. The number of hydrogen-bond donors (Lipinski definition) is 0. The van der Waals surface area contributed by atoms with Crippen molar-refractivity contribution in [3.8, 4) is 0 Å². The van der Waals surface area contributed by atoms with Crippen LogP contribution in [0.3, 0.4) is 0 Å². The molecule has 3 rings (SSSR count). The summed E-state index contributed by atoms with van der Waals surface area (Å²) >= 11 is 0. The Kier molecular flexibility index (Phi) is 5.13. The van der Waals surface area contributed by atoms with Crippen LogP contribution in [0.5, 0.6) is 0 Å². The lowest BCUT2D eigenvalue weighted by atomic mass is 10.2. The highest BCUT2D eigenvalue weighted by atomic mass is 16.2. The molecule has 3 heterocycles. The summed E-state index contributed by atoms with van der Waals surface area (Å²) in [6, 6.07) is 2.01. The Morgan fingerprint density at radius 3 is 2.39 bits per heavy atom. The van der Waals surface area contributed by atoms with Crippen LogP contribution in [0, 0.1) is 0 Å². The summed E-state index contributed by atoms with van der Waals surface area (Å²) in [7, 11) is 2.14. The van der Waals surface area contributed by atoms with E-state index in [0.29, 0.717) is 5.56 Å². The van der Waals surface area contributed by atoms with Crippen molar-refractivity contribution in [1.82, 2.24) is 19.7 Å². The number of likely N-dealkylation sites (N-methyl/N-ethyl adjacent to an activating group) is 2. The van der Waals surface area contributed by atoms with Crippen LogP contribution in [0.2, 0.25) is 0 Å². The SMILES string of the molecule is CCN1CCN(C(=O)c2cncc(N3CCN(C)CC3)c2)CC1. The van der Waals surface area contributed by atoms with E-state index in [1.807, 2.05) is 17.2 Å². The zero-order chi connectivity index (χ0) is 16.2. The van der Waals surface area contributed by atoms with Gasteiger partial charge in [-0.3, -0.25) is 9.78 Å². The van der Waals surface area contributed by atoms with Crippen LogP contribution < -0.4 is 4.90 Å². The number of anilines is 1. The van der Waals surface area contributed by atoms with Gasteiger partial charge in [-0.25, -0.2) is 0 Å². The summed E-state index contributed by atoms with van der Waals surface area (Å²) in [4.78, 5) is 26.0. The van der Waals surface area contributed by atoms with Crippen molar-refractivity contribution >= 4 is 11.6 Å². The van der Waals surface area contributed by atoms with Crippen LogP contribution in [-0.2, 0) is 0 Å². The van der Waals surface area contributed by atoms with Crippen LogP contribution >= 0.6 is 0 Å². The van der Waals surface area contributed by atoms with Crippen LogP contribution in [0.25, 0.3) is 0 Å². The summed E-state index contributed by atoms with van der Waals surface area (Å²) in [6.07, 6.45) is 3.57. The molecule has 0 saturated carbocycles. The number of rotatable bonds is 3. The molecular formula is C17H27N5O. The molecule has 2 fully saturated rings. The third-order valence-electron chi connectivity index (χ3n) is 4.95. The standard InChI is InChI=1S/C17H27N5O/c1-3-20-6-10-22(11-7-20)17(23)15-12-16(14-18-13-15)21-8-4-19(2)5-9-21/h12-14H,3-11H2,1-2H3. The van der Waals surface area contributed by atoms with Gasteiger partial charge in [0.2, 0.25) is 0 Å². The zero-order valence-corrected chi connectivity index (χ0v) is 14.2. The van der Waals surface area contributed by atoms with Gasteiger partial charge >= 0.3 is 0 Å². The molecule has 0 unspecified atom stereocenters. The molecule has 0 spiro atoms. The fourth-order valence-corrected chi connectivity index (χ4v) is 3.23. The van der Waals surface area contributed by atoms with E-state index in [9.17, 15) is 4.79 Å². The first-order valence-corrected chi connectivity index (χ1v) is 8.57. The molecule has 0 bridgehead atoms. The number of aromatic nitrogens is 1. The van der Waals surface area contributed by atoms with Gasteiger partial charge in [0, 0.05) is 58.6 Å². The molecule has 0 aliphatic carbocycles. The fraction of sp³-hybridized carbons (Fsp3) is 0.647. The Labute approximate surface area is 138 Å². The number of amides is 1. The maximum atomic E-state index is 12.7. The Morgan fingerprint density at radius 2 is 1.74 bits per heavy atom.